The Morgan fingerprint density at radius 1 is 1.05 bits per heavy atom. The summed E-state index contributed by atoms with van der Waals surface area (Å²) in [5.41, 5.74) is 2.01. The van der Waals surface area contributed by atoms with Crippen LogP contribution < -0.4 is 0 Å². The summed E-state index contributed by atoms with van der Waals surface area (Å²) in [5.74, 6) is 1.43. The van der Waals surface area contributed by atoms with Gasteiger partial charge in [0.25, 0.3) is 0 Å². The van der Waals surface area contributed by atoms with Gasteiger partial charge in [-0.1, -0.05) is 44.0 Å². The molecule has 1 fully saturated rings. The average molecular weight is 286 g/mol. The molecule has 1 aliphatic carbocycles. The van der Waals surface area contributed by atoms with Gasteiger partial charge in [0.2, 0.25) is 0 Å². The van der Waals surface area contributed by atoms with E-state index in [2.05, 4.69) is 19.1 Å². The van der Waals surface area contributed by atoms with Gasteiger partial charge in [0, 0.05) is 5.56 Å². The van der Waals surface area contributed by atoms with Gasteiger partial charge in [-0.2, -0.15) is 0 Å². The number of Topliss-reactive ketones (excluding diaryl/α,β-unsaturated/α-hetero) is 2. The Balaban J connectivity index is 1.94. The highest BCUT2D eigenvalue weighted by molar-refractivity contribution is 6.07. The first-order chi connectivity index (χ1) is 10.1. The Hall–Kier alpha value is -1.44. The highest BCUT2D eigenvalue weighted by atomic mass is 16.1. The molecule has 0 aliphatic heterocycles. The average Bonchev–Trinajstić information content (AvgIpc) is 2.48. The number of rotatable bonds is 6. The van der Waals surface area contributed by atoms with Crippen molar-refractivity contribution in [3.63, 3.8) is 0 Å². The quantitative estimate of drug-likeness (QED) is 0.549. The molecule has 0 unspecified atom stereocenters. The topological polar surface area (TPSA) is 34.1 Å². The predicted molar refractivity (Wildman–Crippen MR) is 85.7 cm³/mol. The molecular formula is C19H26O2. The lowest BCUT2D eigenvalue weighted by molar-refractivity contribution is -0.116. The standard InChI is InChI=1S/C19H26O2/c1-3-4-15-5-7-16(8-6-15)17-9-11-18(12-10-17)19(21)13-14(2)20/h9-12,15-16H,3-8,13H2,1-2H3. The van der Waals surface area contributed by atoms with Crippen LogP contribution in [0, 0.1) is 5.92 Å². The number of carbonyl (C=O) groups excluding carboxylic acids is 2. The fourth-order valence-corrected chi connectivity index (χ4v) is 3.46. The van der Waals surface area contributed by atoms with E-state index in [1.807, 2.05) is 12.1 Å². The van der Waals surface area contributed by atoms with Crippen LogP contribution in [-0.2, 0) is 4.79 Å². The Bertz CT molecular complexity index is 479. The van der Waals surface area contributed by atoms with Gasteiger partial charge in [-0.15, -0.1) is 0 Å². The molecule has 0 heterocycles. The van der Waals surface area contributed by atoms with Crippen LogP contribution in [0.15, 0.2) is 24.3 Å². The van der Waals surface area contributed by atoms with E-state index in [1.165, 1.54) is 51.0 Å². The first-order valence-corrected chi connectivity index (χ1v) is 8.22. The van der Waals surface area contributed by atoms with E-state index in [9.17, 15) is 9.59 Å². The summed E-state index contributed by atoms with van der Waals surface area (Å²) in [4.78, 5) is 22.8. The van der Waals surface area contributed by atoms with E-state index in [-0.39, 0.29) is 18.0 Å². The van der Waals surface area contributed by atoms with E-state index in [1.54, 1.807) is 0 Å². The van der Waals surface area contributed by atoms with Crippen molar-refractivity contribution in [3.05, 3.63) is 35.4 Å². The van der Waals surface area contributed by atoms with Gasteiger partial charge in [-0.25, -0.2) is 0 Å². The molecule has 0 spiro atoms. The first kappa shape index (κ1) is 15.9. The summed E-state index contributed by atoms with van der Waals surface area (Å²) < 4.78 is 0. The maximum atomic E-state index is 11.8. The summed E-state index contributed by atoms with van der Waals surface area (Å²) in [6.45, 7) is 3.73. The van der Waals surface area contributed by atoms with E-state index < -0.39 is 0 Å². The third kappa shape index (κ3) is 4.52. The molecule has 1 saturated carbocycles. The molecule has 2 nitrogen and oxygen atoms in total. The van der Waals surface area contributed by atoms with Crippen LogP contribution in [0.5, 0.6) is 0 Å². The monoisotopic (exact) mass is 286 g/mol. The van der Waals surface area contributed by atoms with E-state index in [0.717, 1.165) is 5.92 Å². The number of carbonyl (C=O) groups is 2. The van der Waals surface area contributed by atoms with E-state index in [0.29, 0.717) is 11.5 Å². The second-order valence-electron chi connectivity index (χ2n) is 6.43. The molecule has 0 amide bonds. The third-order valence-electron chi connectivity index (χ3n) is 4.66. The van der Waals surface area contributed by atoms with Crippen molar-refractivity contribution >= 4 is 11.6 Å². The molecule has 0 radical (unpaired) electrons. The summed E-state index contributed by atoms with van der Waals surface area (Å²) in [6, 6.07) is 7.94. The zero-order chi connectivity index (χ0) is 15.2. The highest BCUT2D eigenvalue weighted by Gasteiger charge is 2.21. The fourth-order valence-electron chi connectivity index (χ4n) is 3.46. The van der Waals surface area contributed by atoms with Crippen molar-refractivity contribution in [2.24, 2.45) is 5.92 Å². The minimum Gasteiger partial charge on any atom is -0.300 e. The van der Waals surface area contributed by atoms with Crippen LogP contribution in [0.25, 0.3) is 0 Å². The van der Waals surface area contributed by atoms with E-state index in [4.69, 9.17) is 0 Å². The SMILES string of the molecule is CCCC1CCC(c2ccc(C(=O)CC(C)=O)cc2)CC1. The lowest BCUT2D eigenvalue weighted by Crippen LogP contribution is -2.13. The second-order valence-corrected chi connectivity index (χ2v) is 6.43. The highest BCUT2D eigenvalue weighted by Crippen LogP contribution is 2.37. The molecule has 1 aromatic carbocycles. The third-order valence-corrected chi connectivity index (χ3v) is 4.66. The Labute approximate surface area is 127 Å². The van der Waals surface area contributed by atoms with Crippen molar-refractivity contribution in [1.82, 2.24) is 0 Å². The van der Waals surface area contributed by atoms with Crippen molar-refractivity contribution in [2.75, 3.05) is 0 Å². The number of hydrogen-bond donors (Lipinski definition) is 0. The zero-order valence-electron chi connectivity index (χ0n) is 13.2. The first-order valence-electron chi connectivity index (χ1n) is 8.22. The largest absolute Gasteiger partial charge is 0.300 e. The van der Waals surface area contributed by atoms with Gasteiger partial charge < -0.3 is 0 Å². The van der Waals surface area contributed by atoms with Gasteiger partial charge in [-0.3, -0.25) is 9.59 Å². The van der Waals surface area contributed by atoms with Gasteiger partial charge >= 0.3 is 0 Å². The Kier molecular flexibility index (Phi) is 5.72. The van der Waals surface area contributed by atoms with Gasteiger partial charge in [0.05, 0.1) is 6.42 Å². The number of benzene rings is 1. The van der Waals surface area contributed by atoms with Crippen molar-refractivity contribution in [2.45, 2.75) is 64.7 Å². The zero-order valence-corrected chi connectivity index (χ0v) is 13.2. The molecule has 0 atom stereocenters. The maximum Gasteiger partial charge on any atom is 0.170 e. The Morgan fingerprint density at radius 2 is 1.67 bits per heavy atom. The molecule has 0 aromatic heterocycles. The van der Waals surface area contributed by atoms with Crippen molar-refractivity contribution in [3.8, 4) is 0 Å². The molecule has 2 heteroatoms. The molecule has 2 rings (SSSR count). The van der Waals surface area contributed by atoms with Crippen molar-refractivity contribution in [1.29, 1.82) is 0 Å². The van der Waals surface area contributed by atoms with Crippen LogP contribution in [-0.4, -0.2) is 11.6 Å². The maximum absolute atomic E-state index is 11.8. The lowest BCUT2D eigenvalue weighted by Gasteiger charge is -2.28. The van der Waals surface area contributed by atoms with Crippen LogP contribution in [0.4, 0.5) is 0 Å². The molecule has 0 N–H and O–H groups in total. The minimum absolute atomic E-state index is 0.0154. The molecule has 0 saturated heterocycles. The van der Waals surface area contributed by atoms with E-state index >= 15 is 0 Å². The van der Waals surface area contributed by atoms with Gasteiger partial charge in [0.15, 0.2) is 5.78 Å². The minimum atomic E-state index is -0.0710. The Morgan fingerprint density at radius 3 is 2.19 bits per heavy atom. The number of ketones is 2. The molecule has 0 bridgehead atoms. The van der Waals surface area contributed by atoms with Crippen LogP contribution >= 0.6 is 0 Å². The predicted octanol–water partition coefficient (Wildman–Crippen LogP) is 4.92. The summed E-state index contributed by atoms with van der Waals surface area (Å²) >= 11 is 0. The van der Waals surface area contributed by atoms with Gasteiger partial charge in [0.1, 0.15) is 5.78 Å². The summed E-state index contributed by atoms with van der Waals surface area (Å²) in [6.07, 6.45) is 7.89. The summed E-state index contributed by atoms with van der Waals surface area (Å²) in [5, 5.41) is 0. The van der Waals surface area contributed by atoms with Crippen LogP contribution in [0.2, 0.25) is 0 Å². The smallest absolute Gasteiger partial charge is 0.170 e. The molecule has 114 valence electrons. The second kappa shape index (κ2) is 7.53. The molecule has 1 aliphatic rings. The fraction of sp³-hybridized carbons (Fsp3) is 0.579. The van der Waals surface area contributed by atoms with Crippen molar-refractivity contribution < 1.29 is 9.59 Å². The normalized spacial score (nSPS) is 22.0. The molecule has 21 heavy (non-hydrogen) atoms. The molecular weight excluding hydrogens is 260 g/mol. The summed E-state index contributed by atoms with van der Waals surface area (Å²) in [7, 11) is 0. The van der Waals surface area contributed by atoms with Crippen LogP contribution in [0.1, 0.15) is 80.6 Å². The lowest BCUT2D eigenvalue weighted by atomic mass is 9.77. The van der Waals surface area contributed by atoms with Crippen LogP contribution in [0.3, 0.4) is 0 Å². The van der Waals surface area contributed by atoms with Gasteiger partial charge in [-0.05, 0) is 50.0 Å². The number of hydrogen-bond acceptors (Lipinski definition) is 2. The molecule has 1 aromatic rings.